The van der Waals surface area contributed by atoms with Gasteiger partial charge in [0.2, 0.25) is 100 Å². The maximum Gasteiger partial charge on any atom is 0.246 e. The average molecular weight is 1780 g/mol. The minimum atomic E-state index is -1.84. The second kappa shape index (κ2) is 48.1. The predicted octanol–water partition coefficient (Wildman–Crippen LogP) is -2.44. The molecule has 0 spiro atoms. The fourth-order valence-corrected chi connectivity index (χ4v) is 16.1. The monoisotopic (exact) mass is 1780 g/mol. The van der Waals surface area contributed by atoms with Gasteiger partial charge in [-0.15, -0.1) is 11.8 Å². The molecule has 688 valence electrons. The average Bonchev–Trinajstić information content (AvgIpc) is 1.73. The number of nitrogens with zero attached hydrogens (tertiary/aromatic N) is 6. The number of aromatic nitrogens is 4. The highest BCUT2D eigenvalue weighted by molar-refractivity contribution is 8.00. The first kappa shape index (κ1) is 99.6. The first-order chi connectivity index (χ1) is 60.6. The molecule has 0 saturated carbocycles. The van der Waals surface area contributed by atoms with E-state index in [0.717, 1.165) is 36.3 Å². The van der Waals surface area contributed by atoms with Crippen LogP contribution in [0.3, 0.4) is 0 Å². The molecule has 0 aliphatic carbocycles. The molecule has 5 heterocycles. The number of carbonyl (C=O) groups is 17. The lowest BCUT2D eigenvalue weighted by Gasteiger charge is -2.36. The van der Waals surface area contributed by atoms with Crippen LogP contribution in [0.4, 0.5) is 0 Å². The molecule has 41 heteroatoms. The SMILES string of the molecule is CCCC[C@H]1C(=O)N(C)[C@@H](CCCC)C(=O)N[C@@H](CN)C(=O)NC(C(=O)NCC(N)=O)CSCC(=O)NC(Cc2ccccc2)C(=O)N(C)[C@@H](C)C(=O)N[C@@H](CC(N)=O)C(=O)N2CCC[C@H]2C(=O)N[C@@H](Cc2cnc[nH]2)C(=O)N[C@@H](CC(C)C)C(=O)N(C)CC(=O)N[C@@H](Cc2c[nH]c3ccccc23)C(=O)N[C@@H](CO)C(=O)N[C@@H](Cc2c[nH]c3ccccc23)C(=O)N1C. The van der Waals surface area contributed by atoms with Crippen LogP contribution in [-0.4, -0.2) is 301 Å². The largest absolute Gasteiger partial charge is 0.394 e. The molecule has 0 bridgehead atoms. The molecule has 17 amide bonds. The highest BCUT2D eigenvalue weighted by atomic mass is 32.2. The first-order valence-corrected chi connectivity index (χ1v) is 43.6. The van der Waals surface area contributed by atoms with Crippen LogP contribution >= 0.6 is 11.8 Å². The van der Waals surface area contributed by atoms with Crippen molar-refractivity contribution in [2.75, 3.05) is 72.5 Å². The molecule has 20 N–H and O–H groups in total. The lowest BCUT2D eigenvalue weighted by Crippen LogP contribution is -2.62. The molecule has 3 aromatic carbocycles. The number of primary amides is 2. The van der Waals surface area contributed by atoms with Crippen LogP contribution in [0.25, 0.3) is 21.8 Å². The molecule has 0 radical (unpaired) electrons. The van der Waals surface area contributed by atoms with Gasteiger partial charge in [-0.3, -0.25) is 81.5 Å². The van der Waals surface area contributed by atoms with E-state index in [1.165, 1.54) is 47.6 Å². The Morgan fingerprint density at radius 1 is 0.543 bits per heavy atom. The molecule has 2 aliphatic rings. The number of benzene rings is 3. The number of aliphatic hydroxyl groups is 1. The third-order valence-corrected chi connectivity index (χ3v) is 23.4. The molecule has 2 fully saturated rings. The molecule has 6 aromatic rings. The van der Waals surface area contributed by atoms with E-state index in [1.807, 2.05) is 13.8 Å². The van der Waals surface area contributed by atoms with Crippen molar-refractivity contribution in [2.24, 2.45) is 23.1 Å². The molecule has 13 atom stereocenters. The van der Waals surface area contributed by atoms with Gasteiger partial charge in [0.25, 0.3) is 0 Å². The van der Waals surface area contributed by atoms with Gasteiger partial charge in [0.05, 0.1) is 38.2 Å². The number of amides is 17. The van der Waals surface area contributed by atoms with Gasteiger partial charge in [0.15, 0.2) is 0 Å². The summed E-state index contributed by atoms with van der Waals surface area (Å²) in [6.45, 7) is 5.38. The second-order valence-corrected chi connectivity index (χ2v) is 33.4. The topological polar surface area (TPSA) is 585 Å². The quantitative estimate of drug-likeness (QED) is 0.0317. The van der Waals surface area contributed by atoms with Crippen LogP contribution in [0.5, 0.6) is 0 Å². The van der Waals surface area contributed by atoms with E-state index < -0.39 is 223 Å². The minimum Gasteiger partial charge on any atom is -0.394 e. The summed E-state index contributed by atoms with van der Waals surface area (Å²) in [6.07, 6.45) is 6.29. The number of aliphatic hydroxyl groups excluding tert-OH is 1. The van der Waals surface area contributed by atoms with Gasteiger partial charge < -0.3 is 115 Å². The zero-order valence-corrected chi connectivity index (χ0v) is 73.8. The van der Waals surface area contributed by atoms with E-state index in [-0.39, 0.29) is 70.3 Å². The van der Waals surface area contributed by atoms with Crippen molar-refractivity contribution in [1.29, 1.82) is 0 Å². The van der Waals surface area contributed by atoms with Gasteiger partial charge in [-0.05, 0) is 73.8 Å². The van der Waals surface area contributed by atoms with Crippen molar-refractivity contribution in [3.8, 4) is 0 Å². The maximum absolute atomic E-state index is 15.6. The number of hydrogen-bond acceptors (Lipinski definition) is 21. The van der Waals surface area contributed by atoms with Crippen molar-refractivity contribution in [3.63, 3.8) is 0 Å². The number of unbranched alkanes of at least 4 members (excludes halogenated alkanes) is 2. The summed E-state index contributed by atoms with van der Waals surface area (Å²) in [5.41, 5.74) is 20.6. The highest BCUT2D eigenvalue weighted by Gasteiger charge is 2.44. The van der Waals surface area contributed by atoms with E-state index >= 15 is 14.4 Å². The van der Waals surface area contributed by atoms with Crippen LogP contribution < -0.4 is 70.4 Å². The highest BCUT2D eigenvalue weighted by Crippen LogP contribution is 2.26. The van der Waals surface area contributed by atoms with E-state index in [4.69, 9.17) is 17.2 Å². The molecule has 127 heavy (non-hydrogen) atoms. The second-order valence-electron chi connectivity index (χ2n) is 32.4. The maximum atomic E-state index is 15.6. The molecule has 2 unspecified atom stereocenters. The number of fused-ring (bicyclic) bond motifs is 3. The number of thioether (sulfide) groups is 1. The summed E-state index contributed by atoms with van der Waals surface area (Å²) < 4.78 is 0. The number of nitrogens with two attached hydrogens (primary N) is 3. The molecule has 2 saturated heterocycles. The van der Waals surface area contributed by atoms with Crippen molar-refractivity contribution < 1.29 is 86.6 Å². The van der Waals surface area contributed by atoms with Crippen LogP contribution in [0.15, 0.2) is 104 Å². The van der Waals surface area contributed by atoms with Crippen molar-refractivity contribution in [3.05, 3.63) is 126 Å². The Kier molecular flexibility index (Phi) is 37.7. The molecular weight excluding hydrogens is 1660 g/mol. The first-order valence-electron chi connectivity index (χ1n) is 42.5. The molecular formula is C86H120N22O18S. The van der Waals surface area contributed by atoms with E-state index in [9.17, 15) is 72.2 Å². The van der Waals surface area contributed by atoms with Gasteiger partial charge in [0.1, 0.15) is 78.5 Å². The number of rotatable bonds is 23. The molecule has 2 aliphatic heterocycles. The molecule has 8 rings (SSSR count). The fraction of sp³-hybridized carbons (Fsp3) is 0.512. The molecule has 3 aromatic heterocycles. The van der Waals surface area contributed by atoms with Crippen LogP contribution in [0.2, 0.25) is 0 Å². The van der Waals surface area contributed by atoms with Gasteiger partial charge in [-0.2, -0.15) is 0 Å². The van der Waals surface area contributed by atoms with Gasteiger partial charge in [-0.1, -0.05) is 120 Å². The third-order valence-electron chi connectivity index (χ3n) is 22.4. The Bertz CT molecular complexity index is 4870. The zero-order chi connectivity index (χ0) is 92.9. The smallest absolute Gasteiger partial charge is 0.246 e. The number of imidazole rings is 1. The number of likely N-dealkylation sites (N-methyl/N-ethyl adjacent to an activating group) is 4. The van der Waals surface area contributed by atoms with Gasteiger partial charge >= 0.3 is 0 Å². The predicted molar refractivity (Wildman–Crippen MR) is 470 cm³/mol. The number of hydrogen-bond donors (Lipinski definition) is 17. The van der Waals surface area contributed by atoms with Crippen LogP contribution in [-0.2, 0) is 107 Å². The van der Waals surface area contributed by atoms with Crippen molar-refractivity contribution in [1.82, 2.24) is 97.6 Å². The summed E-state index contributed by atoms with van der Waals surface area (Å²) in [6, 6.07) is 3.00. The molecule has 40 nitrogen and oxygen atoms in total. The number of carbonyl (C=O) groups excluding carboxylic acids is 17. The summed E-state index contributed by atoms with van der Waals surface area (Å²) >= 11 is 0.794. The summed E-state index contributed by atoms with van der Waals surface area (Å²) in [5.74, 6) is -16.6. The van der Waals surface area contributed by atoms with E-state index in [2.05, 4.69) is 73.1 Å². The standard InChI is InChI=1S/C86H120N22O18S/c1-10-12-28-67-80(120)101-64(38-87)78(118)103-66(75(115)93-42-71(89)111)45-127-46-73(113)96-61(33-50-22-15-14-16-23-50)83(123)105(7)49(5)74(114)98-63(37-70(88)110)85(125)108-31-21-30-68(108)81(121)97-59(36-53-41-90-47-94-53)77(117)99-60(32-48(3)4)82(122)104(6)43-72(112)95-58(34-51-39-91-56-26-19-17-24-54(51)56)76(116)102-65(44-109)79(119)100-62(35-52-40-92-57-27-20-18-25-55(52)57)84(124)107(9)69(29-13-11-2)86(126)106(67)8/h14-20,22-27,39-41,47-49,58-69,91-92,109H,10-13,21,28-38,42-46,87H2,1-9H3,(H2,88,110)(H2,89,111)(H,90,94)(H,93,115)(H,95,112)(H,96,113)(H,97,121)(H,98,114)(H,99,117)(H,100,119)(H,101,120)(H,102,116)(H,103,118)/t49-,58-,59-,60-,61?,62-,63-,64-,65-,66?,67-,68-,69-/m0/s1. The Morgan fingerprint density at radius 2 is 1.07 bits per heavy atom. The summed E-state index contributed by atoms with van der Waals surface area (Å²) in [5, 5.41) is 38.6. The van der Waals surface area contributed by atoms with Crippen molar-refractivity contribution >= 4 is 134 Å². The Balaban J connectivity index is 1.16. The van der Waals surface area contributed by atoms with Gasteiger partial charge in [0, 0.05) is 119 Å². The fourth-order valence-electron chi connectivity index (χ4n) is 15.2. The number of para-hydroxylation sites is 2. The Morgan fingerprint density at radius 3 is 1.66 bits per heavy atom. The number of H-pyrrole nitrogens is 3. The van der Waals surface area contributed by atoms with Gasteiger partial charge in [-0.25, -0.2) is 4.98 Å². The Hall–Kier alpha value is -12.8. The number of nitrogens with one attached hydrogen (secondary N) is 13. The lowest BCUT2D eigenvalue weighted by molar-refractivity contribution is -0.149. The van der Waals surface area contributed by atoms with Crippen molar-refractivity contribution in [2.45, 2.75) is 203 Å². The zero-order valence-electron chi connectivity index (χ0n) is 73.0. The normalized spacial score (nSPS) is 24.0. The number of aromatic amines is 3. The summed E-state index contributed by atoms with van der Waals surface area (Å²) in [7, 11) is 5.24. The van der Waals surface area contributed by atoms with Crippen LogP contribution in [0.1, 0.15) is 121 Å². The lowest BCUT2D eigenvalue weighted by atomic mass is 10.00. The minimum absolute atomic E-state index is 0.00957. The Labute approximate surface area is 739 Å². The van der Waals surface area contributed by atoms with Crippen LogP contribution in [0, 0.1) is 5.92 Å². The van der Waals surface area contributed by atoms with E-state index in [0.29, 0.717) is 69.9 Å². The van der Waals surface area contributed by atoms with E-state index in [1.54, 1.807) is 105 Å². The third kappa shape index (κ3) is 28.1. The summed E-state index contributed by atoms with van der Waals surface area (Å²) in [4.78, 5) is 265.